The normalized spacial score (nSPS) is 17.7. The van der Waals surface area contributed by atoms with Crippen LogP contribution in [-0.2, 0) is 6.42 Å². The zero-order valence-electron chi connectivity index (χ0n) is 11.3. The number of amides is 1. The largest absolute Gasteiger partial charge is 0.305 e. The highest BCUT2D eigenvalue weighted by Crippen LogP contribution is 2.31. The van der Waals surface area contributed by atoms with Gasteiger partial charge in [0.05, 0.1) is 0 Å². The van der Waals surface area contributed by atoms with Crippen molar-refractivity contribution in [3.05, 3.63) is 64.1 Å². The Bertz CT molecular complexity index is 653. The average molecular weight is 330 g/mol. The number of carbonyl (C=O) groups is 1. The van der Waals surface area contributed by atoms with Gasteiger partial charge in [-0.15, -0.1) is 0 Å². The van der Waals surface area contributed by atoms with E-state index in [1.165, 1.54) is 5.56 Å². The number of fused-ring (bicyclic) bond motifs is 1. The molecule has 0 aromatic heterocycles. The van der Waals surface area contributed by atoms with E-state index in [-0.39, 0.29) is 11.9 Å². The second kappa shape index (κ2) is 5.41. The molecule has 102 valence electrons. The van der Waals surface area contributed by atoms with Crippen LogP contribution < -0.4 is 4.90 Å². The van der Waals surface area contributed by atoms with E-state index < -0.39 is 0 Å². The summed E-state index contributed by atoms with van der Waals surface area (Å²) in [5.74, 6) is 0.0750. The molecule has 3 heteroatoms. The minimum atomic E-state index is 0.0750. The second-order valence-electron chi connectivity index (χ2n) is 5.20. The third-order valence-corrected chi connectivity index (χ3v) is 4.31. The molecule has 1 amide bonds. The molecule has 2 nitrogen and oxygen atoms in total. The van der Waals surface area contributed by atoms with Crippen LogP contribution in [0.1, 0.15) is 29.3 Å². The van der Waals surface area contributed by atoms with Crippen LogP contribution in [0.3, 0.4) is 0 Å². The molecule has 3 rings (SSSR count). The Morgan fingerprint density at radius 1 is 1.20 bits per heavy atom. The molecular weight excluding hydrogens is 314 g/mol. The molecule has 2 aromatic carbocycles. The Morgan fingerprint density at radius 2 is 2.00 bits per heavy atom. The first-order valence-electron chi connectivity index (χ1n) is 6.84. The molecule has 20 heavy (non-hydrogen) atoms. The quantitative estimate of drug-likeness (QED) is 0.757. The van der Waals surface area contributed by atoms with E-state index >= 15 is 0 Å². The van der Waals surface area contributed by atoms with Gasteiger partial charge in [-0.05, 0) is 49.6 Å². The van der Waals surface area contributed by atoms with Gasteiger partial charge in [0.2, 0.25) is 0 Å². The summed E-state index contributed by atoms with van der Waals surface area (Å²) >= 11 is 3.43. The van der Waals surface area contributed by atoms with Gasteiger partial charge < -0.3 is 4.90 Å². The molecule has 0 spiro atoms. The van der Waals surface area contributed by atoms with Gasteiger partial charge in [-0.3, -0.25) is 4.79 Å². The van der Waals surface area contributed by atoms with E-state index in [1.807, 2.05) is 47.4 Å². The number of anilines is 1. The maximum atomic E-state index is 12.8. The van der Waals surface area contributed by atoms with Gasteiger partial charge in [-0.25, -0.2) is 0 Å². The molecule has 1 aliphatic rings. The third-order valence-electron chi connectivity index (χ3n) is 3.81. The molecule has 0 bridgehead atoms. The number of rotatable bonds is 1. The van der Waals surface area contributed by atoms with Crippen LogP contribution >= 0.6 is 15.9 Å². The first-order valence-corrected chi connectivity index (χ1v) is 7.63. The van der Waals surface area contributed by atoms with Gasteiger partial charge in [0.15, 0.2) is 0 Å². The fourth-order valence-corrected chi connectivity index (χ4v) is 3.16. The number of hydrogen-bond donors (Lipinski definition) is 0. The molecule has 2 aromatic rings. The number of halogens is 1. The van der Waals surface area contributed by atoms with Gasteiger partial charge in [0.1, 0.15) is 0 Å². The van der Waals surface area contributed by atoms with Crippen molar-refractivity contribution >= 4 is 27.5 Å². The van der Waals surface area contributed by atoms with Crippen LogP contribution in [0.15, 0.2) is 53.0 Å². The summed E-state index contributed by atoms with van der Waals surface area (Å²) < 4.78 is 0.932. The highest BCUT2D eigenvalue weighted by Gasteiger charge is 2.28. The van der Waals surface area contributed by atoms with Gasteiger partial charge in [-0.1, -0.05) is 40.2 Å². The lowest BCUT2D eigenvalue weighted by atomic mass is 9.96. The number of nitrogens with zero attached hydrogens (tertiary/aromatic N) is 1. The fourth-order valence-electron chi connectivity index (χ4n) is 2.76. The van der Waals surface area contributed by atoms with Crippen LogP contribution in [-0.4, -0.2) is 11.9 Å². The van der Waals surface area contributed by atoms with E-state index in [0.717, 1.165) is 28.6 Å². The Labute approximate surface area is 127 Å². The minimum absolute atomic E-state index is 0.0750. The predicted molar refractivity (Wildman–Crippen MR) is 85.2 cm³/mol. The SMILES string of the molecule is CC1CCc2ccccc2N1C(=O)c1cccc(Br)c1. The Morgan fingerprint density at radius 3 is 2.80 bits per heavy atom. The number of aryl methyl sites for hydroxylation is 1. The average Bonchev–Trinajstić information content (AvgIpc) is 2.46. The van der Waals surface area contributed by atoms with Gasteiger partial charge in [0, 0.05) is 21.8 Å². The first-order chi connectivity index (χ1) is 9.66. The maximum Gasteiger partial charge on any atom is 0.258 e. The van der Waals surface area contributed by atoms with E-state index in [2.05, 4.69) is 28.9 Å². The Hall–Kier alpha value is -1.61. The van der Waals surface area contributed by atoms with Crippen LogP contribution in [0, 0.1) is 0 Å². The number of hydrogen-bond acceptors (Lipinski definition) is 1. The van der Waals surface area contributed by atoms with Crippen molar-refractivity contribution in [1.82, 2.24) is 0 Å². The zero-order valence-corrected chi connectivity index (χ0v) is 12.9. The van der Waals surface area contributed by atoms with E-state index in [4.69, 9.17) is 0 Å². The van der Waals surface area contributed by atoms with Gasteiger partial charge >= 0.3 is 0 Å². The van der Waals surface area contributed by atoms with Crippen LogP contribution in [0.5, 0.6) is 0 Å². The minimum Gasteiger partial charge on any atom is -0.305 e. The lowest BCUT2D eigenvalue weighted by molar-refractivity contribution is 0.0975. The number of benzene rings is 2. The van der Waals surface area contributed by atoms with Crippen molar-refractivity contribution in [2.75, 3.05) is 4.90 Å². The maximum absolute atomic E-state index is 12.8. The summed E-state index contributed by atoms with van der Waals surface area (Å²) in [5.41, 5.74) is 3.04. The van der Waals surface area contributed by atoms with E-state index in [0.29, 0.717) is 0 Å². The lowest BCUT2D eigenvalue weighted by Gasteiger charge is -2.35. The zero-order chi connectivity index (χ0) is 14.1. The summed E-state index contributed by atoms with van der Waals surface area (Å²) in [5, 5.41) is 0. The summed E-state index contributed by atoms with van der Waals surface area (Å²) in [4.78, 5) is 14.8. The molecule has 0 fully saturated rings. The molecule has 0 aliphatic carbocycles. The van der Waals surface area contributed by atoms with E-state index in [9.17, 15) is 4.79 Å². The highest BCUT2D eigenvalue weighted by molar-refractivity contribution is 9.10. The third kappa shape index (κ3) is 2.38. The lowest BCUT2D eigenvalue weighted by Crippen LogP contribution is -2.42. The van der Waals surface area contributed by atoms with Crippen molar-refractivity contribution in [3.63, 3.8) is 0 Å². The topological polar surface area (TPSA) is 20.3 Å². The van der Waals surface area contributed by atoms with Crippen molar-refractivity contribution < 1.29 is 4.79 Å². The van der Waals surface area contributed by atoms with Gasteiger partial charge in [-0.2, -0.15) is 0 Å². The second-order valence-corrected chi connectivity index (χ2v) is 6.12. The molecule has 1 unspecified atom stereocenters. The summed E-state index contributed by atoms with van der Waals surface area (Å²) in [7, 11) is 0. The van der Waals surface area contributed by atoms with Gasteiger partial charge in [0.25, 0.3) is 5.91 Å². The summed E-state index contributed by atoms with van der Waals surface area (Å²) in [6, 6.07) is 16.0. The van der Waals surface area contributed by atoms with Crippen molar-refractivity contribution in [2.45, 2.75) is 25.8 Å². The number of carbonyl (C=O) groups excluding carboxylic acids is 1. The summed E-state index contributed by atoms with van der Waals surface area (Å²) in [6.07, 6.45) is 2.05. The monoisotopic (exact) mass is 329 g/mol. The fraction of sp³-hybridized carbons (Fsp3) is 0.235. The molecule has 1 atom stereocenters. The highest BCUT2D eigenvalue weighted by atomic mass is 79.9. The van der Waals surface area contributed by atoms with Crippen molar-refractivity contribution in [1.29, 1.82) is 0 Å². The summed E-state index contributed by atoms with van der Waals surface area (Å²) in [6.45, 7) is 2.12. The van der Waals surface area contributed by atoms with E-state index in [1.54, 1.807) is 0 Å². The first kappa shape index (κ1) is 13.4. The van der Waals surface area contributed by atoms with Crippen molar-refractivity contribution in [2.24, 2.45) is 0 Å². The number of para-hydroxylation sites is 1. The molecule has 0 saturated carbocycles. The molecule has 0 saturated heterocycles. The van der Waals surface area contributed by atoms with Crippen LogP contribution in [0.25, 0.3) is 0 Å². The van der Waals surface area contributed by atoms with Crippen LogP contribution in [0.4, 0.5) is 5.69 Å². The Balaban J connectivity index is 2.03. The van der Waals surface area contributed by atoms with Crippen LogP contribution in [0.2, 0.25) is 0 Å². The van der Waals surface area contributed by atoms with Crippen molar-refractivity contribution in [3.8, 4) is 0 Å². The Kier molecular flexibility index (Phi) is 3.62. The predicted octanol–water partition coefficient (Wildman–Crippen LogP) is 4.43. The standard InChI is InChI=1S/C17H16BrNO/c1-12-9-10-13-5-2-3-8-16(13)19(12)17(20)14-6-4-7-15(18)11-14/h2-8,11-12H,9-10H2,1H3. The molecule has 0 N–H and O–H groups in total. The molecule has 1 aliphatic heterocycles. The molecule has 0 radical (unpaired) electrons. The smallest absolute Gasteiger partial charge is 0.258 e. The molecule has 1 heterocycles. The molecular formula is C17H16BrNO.